The van der Waals surface area contributed by atoms with Crippen molar-refractivity contribution >= 4 is 0 Å². The first kappa shape index (κ1) is 9.93. The fourth-order valence-electron chi connectivity index (χ4n) is 1.50. The Balaban J connectivity index is 1.86. The summed E-state index contributed by atoms with van der Waals surface area (Å²) in [6.07, 6.45) is 5.77. The molecule has 2 heterocycles. The Bertz CT molecular complexity index is 407. The molecular weight excluding hydrogens is 186 g/mol. The molecule has 78 valence electrons. The zero-order valence-corrected chi connectivity index (χ0v) is 8.83. The van der Waals surface area contributed by atoms with Crippen molar-refractivity contribution < 1.29 is 0 Å². The van der Waals surface area contributed by atoms with E-state index in [1.807, 2.05) is 24.7 Å². The summed E-state index contributed by atoms with van der Waals surface area (Å²) in [4.78, 5) is 7.36. The summed E-state index contributed by atoms with van der Waals surface area (Å²) in [5.74, 6) is 0. The van der Waals surface area contributed by atoms with Crippen molar-refractivity contribution in [2.45, 2.75) is 20.0 Å². The van der Waals surface area contributed by atoms with Crippen molar-refractivity contribution in [1.29, 1.82) is 0 Å². The molecule has 0 unspecified atom stereocenters. The summed E-state index contributed by atoms with van der Waals surface area (Å²) < 4.78 is 0. The van der Waals surface area contributed by atoms with E-state index in [2.05, 4.69) is 34.3 Å². The number of aryl methyl sites for hydroxylation is 1. The standard InChI is InChI=1S/C12H15N3/c1-10-3-2-5-15-12(10)9-14-8-11-4-6-13-7-11/h2-7,13-14H,8-9H2,1H3. The minimum absolute atomic E-state index is 0.817. The number of pyridine rings is 1. The smallest absolute Gasteiger partial charge is 0.0570 e. The summed E-state index contributed by atoms with van der Waals surface area (Å²) in [6, 6.07) is 6.11. The van der Waals surface area contributed by atoms with Gasteiger partial charge in [-0.05, 0) is 30.2 Å². The van der Waals surface area contributed by atoms with E-state index in [-0.39, 0.29) is 0 Å². The molecule has 2 rings (SSSR count). The molecule has 0 bridgehead atoms. The van der Waals surface area contributed by atoms with Crippen LogP contribution in [0, 0.1) is 6.92 Å². The summed E-state index contributed by atoms with van der Waals surface area (Å²) in [7, 11) is 0. The largest absolute Gasteiger partial charge is 0.367 e. The molecule has 0 fully saturated rings. The van der Waals surface area contributed by atoms with Gasteiger partial charge in [0, 0.05) is 31.7 Å². The Kier molecular flexibility index (Phi) is 3.15. The van der Waals surface area contributed by atoms with Gasteiger partial charge in [0.2, 0.25) is 0 Å². The van der Waals surface area contributed by atoms with E-state index in [1.54, 1.807) is 0 Å². The second kappa shape index (κ2) is 4.75. The Hall–Kier alpha value is -1.61. The van der Waals surface area contributed by atoms with Crippen LogP contribution >= 0.6 is 0 Å². The van der Waals surface area contributed by atoms with Crippen molar-refractivity contribution in [3.05, 3.63) is 53.6 Å². The molecule has 0 saturated carbocycles. The fourth-order valence-corrected chi connectivity index (χ4v) is 1.50. The lowest BCUT2D eigenvalue weighted by Gasteiger charge is -2.05. The molecule has 0 aromatic carbocycles. The van der Waals surface area contributed by atoms with E-state index in [0.717, 1.165) is 18.8 Å². The number of nitrogens with one attached hydrogen (secondary N) is 2. The van der Waals surface area contributed by atoms with E-state index in [1.165, 1.54) is 11.1 Å². The summed E-state index contributed by atoms with van der Waals surface area (Å²) in [5, 5.41) is 3.36. The second-order valence-electron chi connectivity index (χ2n) is 3.59. The highest BCUT2D eigenvalue weighted by Crippen LogP contribution is 2.03. The predicted octanol–water partition coefficient (Wildman–Crippen LogP) is 2.01. The molecule has 0 spiro atoms. The average Bonchev–Trinajstić information content (AvgIpc) is 2.74. The van der Waals surface area contributed by atoms with Gasteiger partial charge in [-0.1, -0.05) is 6.07 Å². The third kappa shape index (κ3) is 2.67. The number of aromatic nitrogens is 2. The lowest BCUT2D eigenvalue weighted by atomic mass is 10.2. The quantitative estimate of drug-likeness (QED) is 0.794. The molecule has 0 saturated heterocycles. The Labute approximate surface area is 89.6 Å². The van der Waals surface area contributed by atoms with Gasteiger partial charge >= 0.3 is 0 Å². The third-order valence-electron chi connectivity index (χ3n) is 2.40. The highest BCUT2D eigenvalue weighted by Gasteiger charge is 1.98. The molecule has 3 nitrogen and oxygen atoms in total. The fraction of sp³-hybridized carbons (Fsp3) is 0.250. The van der Waals surface area contributed by atoms with Crippen molar-refractivity contribution in [2.75, 3.05) is 0 Å². The first-order valence-electron chi connectivity index (χ1n) is 5.09. The van der Waals surface area contributed by atoms with Crippen LogP contribution in [0.3, 0.4) is 0 Å². The monoisotopic (exact) mass is 201 g/mol. The van der Waals surface area contributed by atoms with Crippen LogP contribution in [0.5, 0.6) is 0 Å². The summed E-state index contributed by atoms with van der Waals surface area (Å²) >= 11 is 0. The molecule has 2 aromatic heterocycles. The average molecular weight is 201 g/mol. The zero-order valence-electron chi connectivity index (χ0n) is 8.83. The molecule has 3 heteroatoms. The van der Waals surface area contributed by atoms with Gasteiger partial charge in [-0.15, -0.1) is 0 Å². The molecule has 2 N–H and O–H groups in total. The van der Waals surface area contributed by atoms with Crippen LogP contribution < -0.4 is 5.32 Å². The molecular formula is C12H15N3. The van der Waals surface area contributed by atoms with E-state index in [9.17, 15) is 0 Å². The maximum atomic E-state index is 4.33. The summed E-state index contributed by atoms with van der Waals surface area (Å²) in [5.41, 5.74) is 3.62. The Morgan fingerprint density at radius 1 is 1.33 bits per heavy atom. The van der Waals surface area contributed by atoms with Crippen LogP contribution in [0.25, 0.3) is 0 Å². The minimum Gasteiger partial charge on any atom is -0.367 e. The van der Waals surface area contributed by atoms with Gasteiger partial charge in [0.15, 0.2) is 0 Å². The van der Waals surface area contributed by atoms with Crippen LogP contribution in [0.4, 0.5) is 0 Å². The maximum Gasteiger partial charge on any atom is 0.0570 e. The van der Waals surface area contributed by atoms with Crippen LogP contribution in [-0.4, -0.2) is 9.97 Å². The van der Waals surface area contributed by atoms with Crippen molar-refractivity contribution in [3.8, 4) is 0 Å². The molecule has 0 aliphatic rings. The molecule has 0 aliphatic carbocycles. The SMILES string of the molecule is Cc1cccnc1CNCc1cc[nH]c1. The molecule has 15 heavy (non-hydrogen) atoms. The van der Waals surface area contributed by atoms with Crippen molar-refractivity contribution in [2.24, 2.45) is 0 Å². The van der Waals surface area contributed by atoms with Crippen molar-refractivity contribution in [3.63, 3.8) is 0 Å². The van der Waals surface area contributed by atoms with Gasteiger partial charge in [-0.25, -0.2) is 0 Å². The highest BCUT2D eigenvalue weighted by molar-refractivity contribution is 5.17. The van der Waals surface area contributed by atoms with E-state index >= 15 is 0 Å². The third-order valence-corrected chi connectivity index (χ3v) is 2.40. The normalized spacial score (nSPS) is 10.5. The Morgan fingerprint density at radius 2 is 2.27 bits per heavy atom. The number of rotatable bonds is 4. The second-order valence-corrected chi connectivity index (χ2v) is 3.59. The zero-order chi connectivity index (χ0) is 10.5. The number of hydrogen-bond acceptors (Lipinski definition) is 2. The summed E-state index contributed by atoms with van der Waals surface area (Å²) in [6.45, 7) is 3.78. The molecule has 2 aromatic rings. The van der Waals surface area contributed by atoms with Gasteiger partial charge in [-0.2, -0.15) is 0 Å². The van der Waals surface area contributed by atoms with Crippen LogP contribution in [0.2, 0.25) is 0 Å². The van der Waals surface area contributed by atoms with Crippen molar-refractivity contribution in [1.82, 2.24) is 15.3 Å². The number of hydrogen-bond donors (Lipinski definition) is 2. The predicted molar refractivity (Wildman–Crippen MR) is 60.3 cm³/mol. The van der Waals surface area contributed by atoms with Gasteiger partial charge < -0.3 is 10.3 Å². The molecule has 0 amide bonds. The highest BCUT2D eigenvalue weighted by atomic mass is 14.9. The van der Waals surface area contributed by atoms with Crippen LogP contribution in [0.1, 0.15) is 16.8 Å². The van der Waals surface area contributed by atoms with Gasteiger partial charge in [0.1, 0.15) is 0 Å². The van der Waals surface area contributed by atoms with Crippen LogP contribution in [0.15, 0.2) is 36.8 Å². The first-order valence-corrected chi connectivity index (χ1v) is 5.09. The minimum atomic E-state index is 0.817. The van der Waals surface area contributed by atoms with E-state index in [4.69, 9.17) is 0 Å². The maximum absolute atomic E-state index is 4.33. The van der Waals surface area contributed by atoms with Crippen LogP contribution in [-0.2, 0) is 13.1 Å². The van der Waals surface area contributed by atoms with Gasteiger partial charge in [0.25, 0.3) is 0 Å². The Morgan fingerprint density at radius 3 is 3.00 bits per heavy atom. The van der Waals surface area contributed by atoms with E-state index in [0.29, 0.717) is 0 Å². The lowest BCUT2D eigenvalue weighted by molar-refractivity contribution is 0.677. The van der Waals surface area contributed by atoms with Gasteiger partial charge in [0.05, 0.1) is 5.69 Å². The van der Waals surface area contributed by atoms with E-state index < -0.39 is 0 Å². The topological polar surface area (TPSA) is 40.7 Å². The molecule has 0 aliphatic heterocycles. The lowest BCUT2D eigenvalue weighted by Crippen LogP contribution is -2.14. The number of aromatic amines is 1. The molecule has 0 atom stereocenters. The number of nitrogens with zero attached hydrogens (tertiary/aromatic N) is 1. The number of H-pyrrole nitrogens is 1. The van der Waals surface area contributed by atoms with Gasteiger partial charge in [-0.3, -0.25) is 4.98 Å². The first-order chi connectivity index (χ1) is 7.36. The molecule has 0 radical (unpaired) electrons.